The summed E-state index contributed by atoms with van der Waals surface area (Å²) < 4.78 is 0. The van der Waals surface area contributed by atoms with Gasteiger partial charge in [-0.05, 0) is 17.2 Å². The van der Waals surface area contributed by atoms with E-state index in [1.54, 1.807) is 25.2 Å². The SMILES string of the molecule is CN(CC(=O)N1Cc2ccccc2CC1C(=O)O)c1ccccc1[N+](=O)[O-]. The molecule has 0 spiro atoms. The molecule has 1 unspecified atom stereocenters. The van der Waals surface area contributed by atoms with Crippen LogP contribution in [0.5, 0.6) is 0 Å². The number of carboxylic acids is 1. The van der Waals surface area contributed by atoms with Crippen LogP contribution in [0.1, 0.15) is 11.1 Å². The molecular weight excluding hydrogens is 350 g/mol. The zero-order chi connectivity index (χ0) is 19.6. The monoisotopic (exact) mass is 369 g/mol. The molecule has 1 aliphatic rings. The van der Waals surface area contributed by atoms with Gasteiger partial charge in [0.15, 0.2) is 0 Å². The lowest BCUT2D eigenvalue weighted by atomic mass is 9.94. The van der Waals surface area contributed by atoms with Crippen LogP contribution in [0, 0.1) is 10.1 Å². The second kappa shape index (κ2) is 7.45. The van der Waals surface area contributed by atoms with E-state index >= 15 is 0 Å². The maximum absolute atomic E-state index is 12.8. The largest absolute Gasteiger partial charge is 0.480 e. The van der Waals surface area contributed by atoms with E-state index < -0.39 is 22.8 Å². The van der Waals surface area contributed by atoms with Crippen LogP contribution < -0.4 is 4.90 Å². The van der Waals surface area contributed by atoms with Gasteiger partial charge in [-0.3, -0.25) is 14.9 Å². The molecule has 0 saturated heterocycles. The number of nitro groups is 1. The van der Waals surface area contributed by atoms with Crippen LogP contribution in [-0.2, 0) is 22.6 Å². The molecule has 1 amide bonds. The Morgan fingerprint density at radius 2 is 1.81 bits per heavy atom. The fourth-order valence-corrected chi connectivity index (χ4v) is 3.33. The second-order valence-corrected chi connectivity index (χ2v) is 6.45. The van der Waals surface area contributed by atoms with Crippen LogP contribution >= 0.6 is 0 Å². The molecule has 8 heteroatoms. The molecule has 0 saturated carbocycles. The predicted molar refractivity (Wildman–Crippen MR) is 98.5 cm³/mol. The van der Waals surface area contributed by atoms with Crippen LogP contribution in [-0.4, -0.2) is 46.4 Å². The topological polar surface area (TPSA) is 104 Å². The van der Waals surface area contributed by atoms with Gasteiger partial charge in [-0.25, -0.2) is 4.79 Å². The number of hydrogen-bond donors (Lipinski definition) is 1. The molecular formula is C19H19N3O5. The maximum atomic E-state index is 12.8. The molecule has 0 aromatic heterocycles. The fraction of sp³-hybridized carbons (Fsp3) is 0.263. The molecule has 140 valence electrons. The predicted octanol–water partition coefficient (Wildman–Crippen LogP) is 2.07. The number of para-hydroxylation sites is 2. The van der Waals surface area contributed by atoms with E-state index in [0.29, 0.717) is 5.69 Å². The van der Waals surface area contributed by atoms with Gasteiger partial charge >= 0.3 is 5.97 Å². The molecule has 3 rings (SSSR count). The quantitative estimate of drug-likeness (QED) is 0.639. The van der Waals surface area contributed by atoms with E-state index in [4.69, 9.17) is 0 Å². The van der Waals surface area contributed by atoms with Gasteiger partial charge in [-0.1, -0.05) is 36.4 Å². The van der Waals surface area contributed by atoms with Crippen LogP contribution in [0.4, 0.5) is 11.4 Å². The number of amides is 1. The first kappa shape index (κ1) is 18.4. The van der Waals surface area contributed by atoms with E-state index in [9.17, 15) is 24.8 Å². The summed E-state index contributed by atoms with van der Waals surface area (Å²) in [4.78, 5) is 38.0. The average molecular weight is 369 g/mol. The summed E-state index contributed by atoms with van der Waals surface area (Å²) in [6.45, 7) is 0.0491. The summed E-state index contributed by atoms with van der Waals surface area (Å²) in [7, 11) is 1.58. The number of nitrogens with zero attached hydrogens (tertiary/aromatic N) is 3. The smallest absolute Gasteiger partial charge is 0.326 e. The van der Waals surface area contributed by atoms with Gasteiger partial charge in [-0.2, -0.15) is 0 Å². The van der Waals surface area contributed by atoms with E-state index in [0.717, 1.165) is 11.1 Å². The molecule has 1 heterocycles. The molecule has 0 bridgehead atoms. The van der Waals surface area contributed by atoms with Crippen molar-refractivity contribution in [3.8, 4) is 0 Å². The number of carboxylic acid groups (broad SMARTS) is 1. The van der Waals surface area contributed by atoms with Crippen molar-refractivity contribution >= 4 is 23.3 Å². The van der Waals surface area contributed by atoms with Crippen molar-refractivity contribution in [2.24, 2.45) is 0 Å². The fourth-order valence-electron chi connectivity index (χ4n) is 3.33. The summed E-state index contributed by atoms with van der Waals surface area (Å²) in [5.41, 5.74) is 2.03. The van der Waals surface area contributed by atoms with Gasteiger partial charge in [-0.15, -0.1) is 0 Å². The Kier molecular flexibility index (Phi) is 5.07. The molecule has 8 nitrogen and oxygen atoms in total. The lowest BCUT2D eigenvalue weighted by Gasteiger charge is -2.35. The first-order chi connectivity index (χ1) is 12.9. The first-order valence-electron chi connectivity index (χ1n) is 8.42. The van der Waals surface area contributed by atoms with Crippen LogP contribution in [0.2, 0.25) is 0 Å². The van der Waals surface area contributed by atoms with Crippen LogP contribution in [0.15, 0.2) is 48.5 Å². The third kappa shape index (κ3) is 3.74. The second-order valence-electron chi connectivity index (χ2n) is 6.45. The molecule has 0 radical (unpaired) electrons. The number of carbonyl (C=O) groups excluding carboxylic acids is 1. The Labute approximate surface area is 155 Å². The molecule has 0 aliphatic carbocycles. The highest BCUT2D eigenvalue weighted by Gasteiger charge is 2.35. The summed E-state index contributed by atoms with van der Waals surface area (Å²) in [6.07, 6.45) is 0.243. The molecule has 1 aliphatic heterocycles. The van der Waals surface area contributed by atoms with Crippen molar-refractivity contribution < 1.29 is 19.6 Å². The number of carbonyl (C=O) groups is 2. The van der Waals surface area contributed by atoms with Crippen molar-refractivity contribution in [3.63, 3.8) is 0 Å². The van der Waals surface area contributed by atoms with Crippen molar-refractivity contribution in [2.45, 2.75) is 19.0 Å². The van der Waals surface area contributed by atoms with E-state index in [-0.39, 0.29) is 25.2 Å². The van der Waals surface area contributed by atoms with Gasteiger partial charge in [0, 0.05) is 26.1 Å². The van der Waals surface area contributed by atoms with E-state index in [1.165, 1.54) is 15.9 Å². The highest BCUT2D eigenvalue weighted by molar-refractivity contribution is 5.87. The summed E-state index contributed by atoms with van der Waals surface area (Å²) >= 11 is 0. The van der Waals surface area contributed by atoms with Crippen molar-refractivity contribution in [1.82, 2.24) is 4.90 Å². The minimum atomic E-state index is -1.06. The van der Waals surface area contributed by atoms with E-state index in [2.05, 4.69) is 0 Å². The number of hydrogen-bond acceptors (Lipinski definition) is 5. The molecule has 2 aromatic rings. The lowest BCUT2D eigenvalue weighted by molar-refractivity contribution is -0.384. The van der Waals surface area contributed by atoms with Gasteiger partial charge in [0.2, 0.25) is 5.91 Å². The first-order valence-corrected chi connectivity index (χ1v) is 8.42. The molecule has 2 aromatic carbocycles. The van der Waals surface area contributed by atoms with Crippen molar-refractivity contribution in [3.05, 3.63) is 69.8 Å². The normalized spacial score (nSPS) is 15.7. The number of anilines is 1. The zero-order valence-electron chi connectivity index (χ0n) is 14.7. The summed E-state index contributed by atoms with van der Waals surface area (Å²) in [5, 5.41) is 20.8. The maximum Gasteiger partial charge on any atom is 0.326 e. The summed E-state index contributed by atoms with van der Waals surface area (Å²) in [5.74, 6) is -1.45. The molecule has 0 fully saturated rings. The number of aliphatic carboxylic acids is 1. The molecule has 1 N–H and O–H groups in total. The minimum Gasteiger partial charge on any atom is -0.480 e. The lowest BCUT2D eigenvalue weighted by Crippen LogP contribution is -2.51. The van der Waals surface area contributed by atoms with Gasteiger partial charge < -0.3 is 14.9 Å². The molecule has 1 atom stereocenters. The van der Waals surface area contributed by atoms with Crippen molar-refractivity contribution in [1.29, 1.82) is 0 Å². The van der Waals surface area contributed by atoms with Gasteiger partial charge in [0.25, 0.3) is 5.69 Å². The Morgan fingerprint density at radius 3 is 2.48 bits per heavy atom. The minimum absolute atomic E-state index is 0.105. The van der Waals surface area contributed by atoms with Crippen molar-refractivity contribution in [2.75, 3.05) is 18.5 Å². The number of likely N-dealkylation sites (N-methyl/N-ethyl adjacent to an activating group) is 1. The Bertz CT molecular complexity index is 898. The Balaban J connectivity index is 1.82. The molecule has 27 heavy (non-hydrogen) atoms. The number of rotatable bonds is 5. The average Bonchev–Trinajstić information content (AvgIpc) is 2.66. The van der Waals surface area contributed by atoms with Gasteiger partial charge in [0.05, 0.1) is 11.5 Å². The number of fused-ring (bicyclic) bond motifs is 1. The Hall–Kier alpha value is -3.42. The van der Waals surface area contributed by atoms with Gasteiger partial charge in [0.1, 0.15) is 11.7 Å². The standard InChI is InChI=1S/C19H19N3O5/c1-20(15-8-4-5-9-16(15)22(26)27)12-18(23)21-11-14-7-3-2-6-13(14)10-17(21)19(24)25/h2-9,17H,10-12H2,1H3,(H,24,25). The van der Waals surface area contributed by atoms with Crippen LogP contribution in [0.25, 0.3) is 0 Å². The zero-order valence-corrected chi connectivity index (χ0v) is 14.7. The third-order valence-electron chi connectivity index (χ3n) is 4.72. The highest BCUT2D eigenvalue weighted by atomic mass is 16.6. The third-order valence-corrected chi connectivity index (χ3v) is 4.72. The number of nitro benzene ring substituents is 1. The van der Waals surface area contributed by atoms with E-state index in [1.807, 2.05) is 24.3 Å². The number of benzene rings is 2. The summed E-state index contributed by atoms with van der Waals surface area (Å²) in [6, 6.07) is 12.6. The highest BCUT2D eigenvalue weighted by Crippen LogP contribution is 2.28. The van der Waals surface area contributed by atoms with Crippen LogP contribution in [0.3, 0.4) is 0 Å². The Morgan fingerprint density at radius 1 is 1.19 bits per heavy atom.